The van der Waals surface area contributed by atoms with Crippen molar-refractivity contribution in [1.29, 1.82) is 0 Å². The van der Waals surface area contributed by atoms with Gasteiger partial charge in [0.05, 0.1) is 23.7 Å². The molecule has 0 aliphatic rings. The van der Waals surface area contributed by atoms with Gasteiger partial charge in [0.1, 0.15) is 0 Å². The van der Waals surface area contributed by atoms with Crippen LogP contribution < -0.4 is 14.8 Å². The first-order chi connectivity index (χ1) is 17.0. The molecule has 0 bridgehead atoms. The molecule has 3 rings (SSSR count). The number of amides is 1. The second-order valence-electron chi connectivity index (χ2n) is 8.42. The number of carbonyl (C=O) groups is 2. The molecule has 0 fully saturated rings. The molecule has 36 heavy (non-hydrogen) atoms. The summed E-state index contributed by atoms with van der Waals surface area (Å²) in [5.74, 6) is -1.04. The van der Waals surface area contributed by atoms with Gasteiger partial charge in [-0.25, -0.2) is 21.6 Å². The molecule has 0 aromatic heterocycles. The van der Waals surface area contributed by atoms with Crippen molar-refractivity contribution in [2.24, 2.45) is 0 Å². The normalized spacial score (nSPS) is 12.7. The summed E-state index contributed by atoms with van der Waals surface area (Å²) >= 11 is 0. The number of nitrogens with one attached hydrogen (secondary N) is 3. The van der Waals surface area contributed by atoms with Crippen LogP contribution in [-0.2, 0) is 24.8 Å². The number of ketones is 1. The van der Waals surface area contributed by atoms with Gasteiger partial charge in [0.25, 0.3) is 15.9 Å². The van der Waals surface area contributed by atoms with Gasteiger partial charge >= 0.3 is 0 Å². The van der Waals surface area contributed by atoms with Crippen LogP contribution in [0.25, 0.3) is 10.8 Å². The molecular weight excluding hydrogens is 502 g/mol. The second-order valence-corrected chi connectivity index (χ2v) is 11.9. The smallest absolute Gasteiger partial charge is 0.261 e. The minimum Gasteiger partial charge on any atom is -0.342 e. The van der Waals surface area contributed by atoms with Crippen LogP contribution in [0, 0.1) is 0 Å². The first-order valence-corrected chi connectivity index (χ1v) is 14.8. The fourth-order valence-electron chi connectivity index (χ4n) is 3.56. The van der Waals surface area contributed by atoms with E-state index in [2.05, 4.69) is 14.8 Å². The van der Waals surface area contributed by atoms with Gasteiger partial charge in [0.15, 0.2) is 5.78 Å². The number of hydrogen-bond donors (Lipinski definition) is 3. The summed E-state index contributed by atoms with van der Waals surface area (Å²) in [5.41, 5.74) is 0.338. The van der Waals surface area contributed by atoms with Crippen LogP contribution in [0.3, 0.4) is 0 Å². The first-order valence-electron chi connectivity index (χ1n) is 11.4. The zero-order chi connectivity index (χ0) is 26.3. The van der Waals surface area contributed by atoms with Crippen molar-refractivity contribution in [2.45, 2.75) is 37.1 Å². The highest BCUT2D eigenvalue weighted by Gasteiger charge is 2.22. The van der Waals surface area contributed by atoms with Gasteiger partial charge in [-0.2, -0.15) is 0 Å². The molecule has 0 saturated carbocycles. The molecular formula is C25H29N3O6S2. The molecule has 0 radical (unpaired) electrons. The van der Waals surface area contributed by atoms with Gasteiger partial charge in [0, 0.05) is 11.3 Å². The van der Waals surface area contributed by atoms with Crippen LogP contribution in [0.1, 0.15) is 36.5 Å². The number of Topliss-reactive ketones (excluding diaryl/α,β-unsaturated/α-hetero) is 1. The molecule has 9 nitrogen and oxygen atoms in total. The third-order valence-electron chi connectivity index (χ3n) is 5.46. The first kappa shape index (κ1) is 27.3. The second kappa shape index (κ2) is 11.6. The van der Waals surface area contributed by atoms with Gasteiger partial charge in [-0.3, -0.25) is 14.3 Å². The number of benzene rings is 3. The van der Waals surface area contributed by atoms with Crippen LogP contribution in [0.5, 0.6) is 0 Å². The van der Waals surface area contributed by atoms with Crippen molar-refractivity contribution in [3.63, 3.8) is 0 Å². The summed E-state index contributed by atoms with van der Waals surface area (Å²) in [6.45, 7) is 1.50. The molecule has 3 aromatic rings. The minimum atomic E-state index is -3.92. The van der Waals surface area contributed by atoms with Crippen LogP contribution >= 0.6 is 0 Å². The van der Waals surface area contributed by atoms with E-state index in [1.165, 1.54) is 30.3 Å². The monoisotopic (exact) mass is 531 g/mol. The van der Waals surface area contributed by atoms with E-state index in [0.29, 0.717) is 12.8 Å². The van der Waals surface area contributed by atoms with E-state index in [1.807, 2.05) is 31.2 Å². The van der Waals surface area contributed by atoms with Crippen molar-refractivity contribution in [1.82, 2.24) is 10.0 Å². The quantitative estimate of drug-likeness (QED) is 0.328. The lowest BCUT2D eigenvalue weighted by Gasteiger charge is -2.18. The summed E-state index contributed by atoms with van der Waals surface area (Å²) in [7, 11) is -7.48. The Hall–Kier alpha value is -3.28. The largest absolute Gasteiger partial charge is 0.342 e. The van der Waals surface area contributed by atoms with E-state index in [1.54, 1.807) is 12.1 Å². The SMILES string of the molecule is CCCCC(NC(=O)c1cccc(NS(=O)(=O)c2ccc3ccccc3c2)c1)C(=O)CNS(C)(=O)=O. The van der Waals surface area contributed by atoms with E-state index < -0.39 is 44.3 Å². The third kappa shape index (κ3) is 7.61. The van der Waals surface area contributed by atoms with E-state index >= 15 is 0 Å². The number of anilines is 1. The summed E-state index contributed by atoms with van der Waals surface area (Å²) in [6, 6.07) is 17.2. The molecule has 0 spiro atoms. The van der Waals surface area contributed by atoms with Crippen LogP contribution in [0.4, 0.5) is 5.69 Å². The molecule has 0 heterocycles. The van der Waals surface area contributed by atoms with Crippen molar-refractivity contribution in [3.05, 3.63) is 72.3 Å². The van der Waals surface area contributed by atoms with E-state index in [0.717, 1.165) is 23.4 Å². The maximum atomic E-state index is 13.0. The zero-order valence-electron chi connectivity index (χ0n) is 20.0. The Morgan fingerprint density at radius 1 is 0.889 bits per heavy atom. The Labute approximate surface area is 211 Å². The topological polar surface area (TPSA) is 139 Å². The Bertz CT molecular complexity index is 1470. The van der Waals surface area contributed by atoms with Gasteiger partial charge in [-0.1, -0.05) is 56.2 Å². The lowest BCUT2D eigenvalue weighted by Crippen LogP contribution is -2.45. The Kier molecular flexibility index (Phi) is 8.83. The highest BCUT2D eigenvalue weighted by Crippen LogP contribution is 2.22. The van der Waals surface area contributed by atoms with Crippen LogP contribution in [-0.4, -0.2) is 47.4 Å². The molecule has 1 amide bonds. The standard InChI is InChI=1S/C25H29N3O6S2/c1-3-4-12-23(24(29)17-26-35(2,31)32)27-25(30)20-10-7-11-21(15-20)28-36(33,34)22-14-13-18-8-5-6-9-19(18)16-22/h5-11,13-16,23,26,28H,3-4,12,17H2,1-2H3,(H,27,30). The van der Waals surface area contributed by atoms with Crippen LogP contribution in [0.2, 0.25) is 0 Å². The van der Waals surface area contributed by atoms with Crippen molar-refractivity contribution in [2.75, 3.05) is 17.5 Å². The molecule has 11 heteroatoms. The van der Waals surface area contributed by atoms with Gasteiger partial charge in [0.2, 0.25) is 10.0 Å². The van der Waals surface area contributed by atoms with E-state index in [4.69, 9.17) is 0 Å². The third-order valence-corrected chi connectivity index (χ3v) is 7.50. The fraction of sp³-hybridized carbons (Fsp3) is 0.280. The Balaban J connectivity index is 1.75. The minimum absolute atomic E-state index is 0.0830. The van der Waals surface area contributed by atoms with Gasteiger partial charge < -0.3 is 5.32 Å². The molecule has 3 aromatic carbocycles. The van der Waals surface area contributed by atoms with Crippen molar-refractivity contribution >= 4 is 48.2 Å². The number of fused-ring (bicyclic) bond motifs is 1. The Morgan fingerprint density at radius 3 is 2.31 bits per heavy atom. The van der Waals surface area contributed by atoms with Crippen LogP contribution in [0.15, 0.2) is 71.6 Å². The summed E-state index contributed by atoms with van der Waals surface area (Å²) in [6.07, 6.45) is 2.73. The van der Waals surface area contributed by atoms with E-state index in [-0.39, 0.29) is 16.1 Å². The summed E-state index contributed by atoms with van der Waals surface area (Å²) < 4.78 is 53.2. The fourth-order valence-corrected chi connectivity index (χ4v) is 5.05. The predicted molar refractivity (Wildman–Crippen MR) is 140 cm³/mol. The lowest BCUT2D eigenvalue weighted by atomic mass is 10.0. The average molecular weight is 532 g/mol. The molecule has 3 N–H and O–H groups in total. The summed E-state index contributed by atoms with van der Waals surface area (Å²) in [4.78, 5) is 25.5. The zero-order valence-corrected chi connectivity index (χ0v) is 21.7. The molecule has 1 unspecified atom stereocenters. The molecule has 0 saturated heterocycles. The van der Waals surface area contributed by atoms with E-state index in [9.17, 15) is 26.4 Å². The number of rotatable bonds is 12. The number of unbranched alkanes of at least 4 members (excludes halogenated alkanes) is 1. The van der Waals surface area contributed by atoms with Gasteiger partial charge in [-0.15, -0.1) is 0 Å². The van der Waals surface area contributed by atoms with Gasteiger partial charge in [-0.05, 0) is 47.5 Å². The average Bonchev–Trinajstić information content (AvgIpc) is 2.84. The highest BCUT2D eigenvalue weighted by molar-refractivity contribution is 7.92. The lowest BCUT2D eigenvalue weighted by molar-refractivity contribution is -0.120. The molecule has 192 valence electrons. The number of carbonyl (C=O) groups excluding carboxylic acids is 2. The number of hydrogen-bond acceptors (Lipinski definition) is 6. The maximum absolute atomic E-state index is 13.0. The highest BCUT2D eigenvalue weighted by atomic mass is 32.2. The predicted octanol–water partition coefficient (Wildman–Crippen LogP) is 3.05. The maximum Gasteiger partial charge on any atom is 0.261 e. The summed E-state index contributed by atoms with van der Waals surface area (Å²) in [5, 5.41) is 4.34. The molecule has 0 aliphatic carbocycles. The molecule has 0 aliphatic heterocycles. The molecule has 1 atom stereocenters. The number of sulfonamides is 2. The Morgan fingerprint density at radius 2 is 1.61 bits per heavy atom. The van der Waals surface area contributed by atoms with Crippen molar-refractivity contribution in [3.8, 4) is 0 Å². The van der Waals surface area contributed by atoms with Crippen molar-refractivity contribution < 1.29 is 26.4 Å².